The molecule has 0 aromatic heterocycles. The molecule has 0 spiro atoms. The lowest BCUT2D eigenvalue weighted by molar-refractivity contribution is 0.202. The maximum absolute atomic E-state index is 9.36. The van der Waals surface area contributed by atoms with Gasteiger partial charge in [-0.25, -0.2) is 0 Å². The van der Waals surface area contributed by atoms with Crippen LogP contribution >= 0.6 is 11.6 Å². The Labute approximate surface area is 76.7 Å². The van der Waals surface area contributed by atoms with E-state index in [2.05, 4.69) is 0 Å². The number of aliphatic hydroxyl groups excluding tert-OH is 1. The Morgan fingerprint density at radius 1 is 1.58 bits per heavy atom. The van der Waals surface area contributed by atoms with E-state index in [0.29, 0.717) is 0 Å². The summed E-state index contributed by atoms with van der Waals surface area (Å²) in [4.78, 5) is 0. The summed E-state index contributed by atoms with van der Waals surface area (Å²) >= 11 is 5.49. The van der Waals surface area contributed by atoms with E-state index in [9.17, 15) is 5.11 Å². The topological polar surface area (TPSA) is 29.5 Å². The van der Waals surface area contributed by atoms with Crippen molar-refractivity contribution >= 4 is 11.6 Å². The van der Waals surface area contributed by atoms with Crippen molar-refractivity contribution in [3.63, 3.8) is 0 Å². The molecule has 1 rings (SSSR count). The van der Waals surface area contributed by atoms with Crippen LogP contribution in [0.1, 0.15) is 11.7 Å². The van der Waals surface area contributed by atoms with Gasteiger partial charge in [0.1, 0.15) is 5.75 Å². The first-order chi connectivity index (χ1) is 5.77. The number of aliphatic hydroxyl groups is 1. The Balaban J connectivity index is 2.86. The summed E-state index contributed by atoms with van der Waals surface area (Å²) < 4.78 is 5.00. The van der Waals surface area contributed by atoms with Crippen molar-refractivity contribution in [2.45, 2.75) is 6.10 Å². The molecule has 0 saturated carbocycles. The second-order valence-corrected chi connectivity index (χ2v) is 2.76. The highest BCUT2D eigenvalue weighted by Crippen LogP contribution is 2.19. The third-order valence-electron chi connectivity index (χ3n) is 1.62. The summed E-state index contributed by atoms with van der Waals surface area (Å²) in [6.07, 6.45) is -0.609. The fourth-order valence-corrected chi connectivity index (χ4v) is 1.12. The molecule has 0 radical (unpaired) electrons. The molecule has 0 saturated heterocycles. The Kier molecular flexibility index (Phi) is 3.38. The van der Waals surface area contributed by atoms with Crippen LogP contribution in [0.25, 0.3) is 0 Å². The fraction of sp³-hybridized carbons (Fsp3) is 0.333. The van der Waals surface area contributed by atoms with Crippen molar-refractivity contribution in [3.8, 4) is 5.75 Å². The molecule has 1 aromatic rings. The monoisotopic (exact) mass is 186 g/mol. The lowest BCUT2D eigenvalue weighted by Gasteiger charge is -2.07. The molecule has 0 fully saturated rings. The first-order valence-electron chi connectivity index (χ1n) is 3.66. The maximum atomic E-state index is 9.36. The molecular weight excluding hydrogens is 176 g/mol. The van der Waals surface area contributed by atoms with Crippen LogP contribution in [0.15, 0.2) is 24.3 Å². The van der Waals surface area contributed by atoms with Gasteiger partial charge in [0.05, 0.1) is 19.1 Å². The van der Waals surface area contributed by atoms with E-state index in [1.165, 1.54) is 0 Å². The highest BCUT2D eigenvalue weighted by atomic mass is 35.5. The summed E-state index contributed by atoms with van der Waals surface area (Å²) in [6.45, 7) is 0. The summed E-state index contributed by atoms with van der Waals surface area (Å²) in [7, 11) is 1.59. The minimum atomic E-state index is -0.609. The first-order valence-corrected chi connectivity index (χ1v) is 4.19. The predicted octanol–water partition coefficient (Wildman–Crippen LogP) is 1.97. The van der Waals surface area contributed by atoms with Crippen LogP contribution in [0, 0.1) is 0 Å². The van der Waals surface area contributed by atoms with E-state index in [1.54, 1.807) is 13.2 Å². The van der Waals surface area contributed by atoms with Crippen molar-refractivity contribution in [1.82, 2.24) is 0 Å². The standard InChI is InChI=1S/C9H11ClO2/c1-12-8-4-2-3-7(5-8)9(11)6-10/h2-5,9,11H,6H2,1H3/t9-/m1/s1. The molecule has 66 valence electrons. The molecule has 0 bridgehead atoms. The molecule has 1 N–H and O–H groups in total. The van der Waals surface area contributed by atoms with E-state index in [4.69, 9.17) is 16.3 Å². The van der Waals surface area contributed by atoms with Crippen LogP contribution in [0.3, 0.4) is 0 Å². The zero-order valence-electron chi connectivity index (χ0n) is 6.83. The Bertz CT molecular complexity index is 250. The Hall–Kier alpha value is -0.730. The van der Waals surface area contributed by atoms with Crippen LogP contribution < -0.4 is 4.74 Å². The van der Waals surface area contributed by atoms with Gasteiger partial charge < -0.3 is 9.84 Å². The fourth-order valence-electron chi connectivity index (χ4n) is 0.938. The summed E-state index contributed by atoms with van der Waals surface area (Å²) in [5.41, 5.74) is 0.782. The van der Waals surface area contributed by atoms with Crippen LogP contribution in [-0.2, 0) is 0 Å². The molecule has 0 unspecified atom stereocenters. The number of rotatable bonds is 3. The van der Waals surface area contributed by atoms with Crippen LogP contribution in [0.2, 0.25) is 0 Å². The average molecular weight is 187 g/mol. The quantitative estimate of drug-likeness (QED) is 0.732. The number of hydrogen-bond donors (Lipinski definition) is 1. The van der Waals surface area contributed by atoms with Crippen molar-refractivity contribution in [1.29, 1.82) is 0 Å². The Morgan fingerprint density at radius 2 is 2.33 bits per heavy atom. The summed E-state index contributed by atoms with van der Waals surface area (Å²) in [5.74, 6) is 0.935. The Morgan fingerprint density at radius 3 is 2.92 bits per heavy atom. The molecule has 0 heterocycles. The van der Waals surface area contributed by atoms with Crippen LogP contribution in [-0.4, -0.2) is 18.1 Å². The predicted molar refractivity (Wildman–Crippen MR) is 48.7 cm³/mol. The van der Waals surface area contributed by atoms with E-state index in [1.807, 2.05) is 18.2 Å². The number of hydrogen-bond acceptors (Lipinski definition) is 2. The van der Waals surface area contributed by atoms with Gasteiger partial charge in [-0.15, -0.1) is 11.6 Å². The van der Waals surface area contributed by atoms with Gasteiger partial charge in [0.25, 0.3) is 0 Å². The average Bonchev–Trinajstić information content (AvgIpc) is 2.17. The number of alkyl halides is 1. The maximum Gasteiger partial charge on any atom is 0.119 e. The molecule has 2 nitrogen and oxygen atoms in total. The van der Waals surface area contributed by atoms with Gasteiger partial charge in [0.2, 0.25) is 0 Å². The molecule has 0 amide bonds. The van der Waals surface area contributed by atoms with E-state index >= 15 is 0 Å². The largest absolute Gasteiger partial charge is 0.497 e. The smallest absolute Gasteiger partial charge is 0.119 e. The lowest BCUT2D eigenvalue weighted by Crippen LogP contribution is -1.98. The SMILES string of the molecule is COc1cccc([C@H](O)CCl)c1. The third kappa shape index (κ3) is 2.13. The molecule has 0 aliphatic rings. The van der Waals surface area contributed by atoms with Crippen LogP contribution in [0.4, 0.5) is 0 Å². The first kappa shape index (κ1) is 9.36. The zero-order valence-corrected chi connectivity index (χ0v) is 7.58. The minimum Gasteiger partial charge on any atom is -0.497 e. The van der Waals surface area contributed by atoms with Crippen molar-refractivity contribution in [3.05, 3.63) is 29.8 Å². The zero-order chi connectivity index (χ0) is 8.97. The molecule has 3 heteroatoms. The normalized spacial score (nSPS) is 12.6. The molecule has 0 aliphatic heterocycles. The van der Waals surface area contributed by atoms with Gasteiger partial charge in [-0.3, -0.25) is 0 Å². The van der Waals surface area contributed by atoms with Gasteiger partial charge in [-0.2, -0.15) is 0 Å². The highest BCUT2D eigenvalue weighted by Gasteiger charge is 2.05. The number of halogens is 1. The van der Waals surface area contributed by atoms with Gasteiger partial charge in [-0.05, 0) is 17.7 Å². The molecule has 0 aliphatic carbocycles. The van der Waals surface area contributed by atoms with Crippen molar-refractivity contribution < 1.29 is 9.84 Å². The van der Waals surface area contributed by atoms with Gasteiger partial charge in [0.15, 0.2) is 0 Å². The van der Waals surface area contributed by atoms with Crippen LogP contribution in [0.5, 0.6) is 5.75 Å². The molecule has 12 heavy (non-hydrogen) atoms. The second-order valence-electron chi connectivity index (χ2n) is 2.45. The molecule has 1 atom stereocenters. The summed E-state index contributed by atoms with van der Waals surface area (Å²) in [6, 6.07) is 7.23. The van der Waals surface area contributed by atoms with Gasteiger partial charge in [0, 0.05) is 0 Å². The second kappa shape index (κ2) is 4.33. The van der Waals surface area contributed by atoms with Gasteiger partial charge in [-0.1, -0.05) is 12.1 Å². The van der Waals surface area contributed by atoms with E-state index in [-0.39, 0.29) is 5.88 Å². The van der Waals surface area contributed by atoms with Crippen molar-refractivity contribution in [2.24, 2.45) is 0 Å². The lowest BCUT2D eigenvalue weighted by atomic mass is 10.1. The number of ether oxygens (including phenoxy) is 1. The molecule has 1 aromatic carbocycles. The highest BCUT2D eigenvalue weighted by molar-refractivity contribution is 6.18. The number of benzene rings is 1. The summed E-state index contributed by atoms with van der Waals surface area (Å²) in [5, 5.41) is 9.36. The minimum absolute atomic E-state index is 0.202. The molecular formula is C9H11ClO2. The van der Waals surface area contributed by atoms with E-state index in [0.717, 1.165) is 11.3 Å². The number of methoxy groups -OCH3 is 1. The third-order valence-corrected chi connectivity index (χ3v) is 1.92. The van der Waals surface area contributed by atoms with Gasteiger partial charge >= 0.3 is 0 Å². The van der Waals surface area contributed by atoms with E-state index < -0.39 is 6.10 Å². The van der Waals surface area contributed by atoms with Crippen molar-refractivity contribution in [2.75, 3.05) is 13.0 Å².